The Bertz CT molecular complexity index is 1240. The van der Waals surface area contributed by atoms with Crippen LogP contribution in [0.15, 0.2) is 131 Å². The first-order chi connectivity index (χ1) is 19.6. The van der Waals surface area contributed by atoms with Crippen LogP contribution >= 0.6 is 0 Å². The van der Waals surface area contributed by atoms with Gasteiger partial charge in [-0.2, -0.15) is 0 Å². The topological polar surface area (TPSA) is 77.3 Å². The summed E-state index contributed by atoms with van der Waals surface area (Å²) in [6.45, 7) is 3.69. The number of esters is 2. The van der Waals surface area contributed by atoms with Crippen LogP contribution in [-0.2, 0) is 19.1 Å². The molecule has 4 aromatic rings. The lowest BCUT2D eigenvalue weighted by atomic mass is 9.99. The number of carbonyl (C=O) groups is 2. The zero-order valence-corrected chi connectivity index (χ0v) is 22.6. The SMILES string of the molecule is CCOC(=O)C(N=C(c1ccccc1)c1ccccc1)C(N=C(c1ccccc1)c1ccccc1)C(=O)OCC. The second-order valence-corrected chi connectivity index (χ2v) is 8.81. The molecule has 0 heterocycles. The monoisotopic (exact) mass is 532 g/mol. The summed E-state index contributed by atoms with van der Waals surface area (Å²) in [5.41, 5.74) is 4.26. The van der Waals surface area contributed by atoms with Crippen LogP contribution in [0.1, 0.15) is 36.1 Å². The molecule has 2 atom stereocenters. The lowest BCUT2D eigenvalue weighted by molar-refractivity contribution is -0.152. The van der Waals surface area contributed by atoms with Crippen LogP contribution in [0.2, 0.25) is 0 Å². The molecule has 202 valence electrons. The molecule has 0 radical (unpaired) electrons. The zero-order valence-electron chi connectivity index (χ0n) is 22.6. The Balaban J connectivity index is 1.96. The maximum atomic E-state index is 13.5. The molecule has 6 heteroatoms. The largest absolute Gasteiger partial charge is 0.464 e. The van der Waals surface area contributed by atoms with Crippen LogP contribution in [0.5, 0.6) is 0 Å². The van der Waals surface area contributed by atoms with Crippen molar-refractivity contribution < 1.29 is 19.1 Å². The molecule has 4 aromatic carbocycles. The van der Waals surface area contributed by atoms with Crippen molar-refractivity contribution in [2.45, 2.75) is 25.9 Å². The smallest absolute Gasteiger partial charge is 0.333 e. The summed E-state index contributed by atoms with van der Waals surface area (Å²) in [5.74, 6) is -1.32. The lowest BCUT2D eigenvalue weighted by Gasteiger charge is -2.21. The molecule has 0 aliphatic heterocycles. The first-order valence-electron chi connectivity index (χ1n) is 13.3. The summed E-state index contributed by atoms with van der Waals surface area (Å²) in [6, 6.07) is 35.5. The number of aliphatic imine (C=N–C) groups is 2. The molecule has 0 aromatic heterocycles. The first-order valence-corrected chi connectivity index (χ1v) is 13.3. The summed E-state index contributed by atoms with van der Waals surface area (Å²) in [7, 11) is 0. The van der Waals surface area contributed by atoms with Crippen LogP contribution < -0.4 is 0 Å². The Morgan fingerprint density at radius 3 is 0.975 bits per heavy atom. The van der Waals surface area contributed by atoms with E-state index in [9.17, 15) is 9.59 Å². The molecule has 2 unspecified atom stereocenters. The van der Waals surface area contributed by atoms with E-state index in [2.05, 4.69) is 0 Å². The van der Waals surface area contributed by atoms with Gasteiger partial charge in [0.2, 0.25) is 0 Å². The van der Waals surface area contributed by atoms with Crippen LogP contribution in [0, 0.1) is 0 Å². The molecule has 0 aliphatic rings. The molecular formula is C34H32N2O4. The Hall–Kier alpha value is -4.84. The average molecular weight is 533 g/mol. The summed E-state index contributed by atoms with van der Waals surface area (Å²) < 4.78 is 10.9. The molecule has 0 N–H and O–H groups in total. The van der Waals surface area contributed by atoms with E-state index in [1.165, 1.54) is 0 Å². The van der Waals surface area contributed by atoms with Crippen LogP contribution in [0.25, 0.3) is 0 Å². The molecule has 0 spiro atoms. The van der Waals surface area contributed by atoms with Crippen LogP contribution in [0.3, 0.4) is 0 Å². The van der Waals surface area contributed by atoms with Gasteiger partial charge in [-0.25, -0.2) is 9.59 Å². The lowest BCUT2D eigenvalue weighted by Crippen LogP contribution is -2.41. The fraction of sp³-hybridized carbons (Fsp3) is 0.176. The van der Waals surface area contributed by atoms with E-state index < -0.39 is 24.0 Å². The van der Waals surface area contributed by atoms with Gasteiger partial charge in [0.25, 0.3) is 0 Å². The summed E-state index contributed by atoms with van der Waals surface area (Å²) in [6.07, 6.45) is 0. The highest BCUT2D eigenvalue weighted by Crippen LogP contribution is 2.20. The van der Waals surface area contributed by atoms with Crippen molar-refractivity contribution in [3.63, 3.8) is 0 Å². The fourth-order valence-electron chi connectivity index (χ4n) is 4.25. The van der Waals surface area contributed by atoms with E-state index >= 15 is 0 Å². The third kappa shape index (κ3) is 7.17. The number of benzene rings is 4. The van der Waals surface area contributed by atoms with Crippen molar-refractivity contribution in [2.75, 3.05) is 13.2 Å². The molecule has 6 nitrogen and oxygen atoms in total. The second-order valence-electron chi connectivity index (χ2n) is 8.81. The van der Waals surface area contributed by atoms with Gasteiger partial charge in [0, 0.05) is 22.3 Å². The van der Waals surface area contributed by atoms with E-state index in [0.717, 1.165) is 22.3 Å². The van der Waals surface area contributed by atoms with Crippen molar-refractivity contribution in [2.24, 2.45) is 9.98 Å². The van der Waals surface area contributed by atoms with E-state index in [1.807, 2.05) is 121 Å². The Kier molecular flexibility index (Phi) is 10.1. The molecule has 40 heavy (non-hydrogen) atoms. The van der Waals surface area contributed by atoms with Gasteiger partial charge in [-0.3, -0.25) is 9.98 Å². The highest BCUT2D eigenvalue weighted by atomic mass is 16.5. The molecule has 0 fully saturated rings. The third-order valence-electron chi connectivity index (χ3n) is 6.08. The highest BCUT2D eigenvalue weighted by molar-refractivity contribution is 6.15. The van der Waals surface area contributed by atoms with Crippen molar-refractivity contribution in [1.82, 2.24) is 0 Å². The average Bonchev–Trinajstić information content (AvgIpc) is 3.01. The van der Waals surface area contributed by atoms with Gasteiger partial charge in [-0.05, 0) is 13.8 Å². The van der Waals surface area contributed by atoms with Crippen molar-refractivity contribution in [3.8, 4) is 0 Å². The van der Waals surface area contributed by atoms with Crippen molar-refractivity contribution in [1.29, 1.82) is 0 Å². The predicted octanol–water partition coefficient (Wildman–Crippen LogP) is 5.93. The normalized spacial score (nSPS) is 11.9. The number of hydrogen-bond acceptors (Lipinski definition) is 6. The molecular weight excluding hydrogens is 500 g/mol. The Labute approximate surface area is 235 Å². The first kappa shape index (κ1) is 28.2. The van der Waals surface area contributed by atoms with Gasteiger partial charge >= 0.3 is 11.9 Å². The van der Waals surface area contributed by atoms with Crippen LogP contribution in [0.4, 0.5) is 0 Å². The zero-order chi connectivity index (χ0) is 28.2. The maximum absolute atomic E-state index is 13.5. The minimum atomic E-state index is -1.29. The fourth-order valence-corrected chi connectivity index (χ4v) is 4.25. The van der Waals surface area contributed by atoms with Crippen molar-refractivity contribution >= 4 is 23.4 Å². The molecule has 0 bridgehead atoms. The van der Waals surface area contributed by atoms with Crippen molar-refractivity contribution in [3.05, 3.63) is 144 Å². The standard InChI is InChI=1S/C34H32N2O4/c1-3-39-33(37)31(35-29(25-17-9-5-10-18-25)26-19-11-6-12-20-26)32(34(38)40-4-2)36-30(27-21-13-7-14-22-27)28-23-15-8-16-24-28/h5-24,31-32H,3-4H2,1-2H3. The van der Waals surface area contributed by atoms with Gasteiger partial charge in [-0.15, -0.1) is 0 Å². The summed E-state index contributed by atoms with van der Waals surface area (Å²) in [5, 5.41) is 0. The molecule has 0 saturated carbocycles. The number of ether oxygens (including phenoxy) is 2. The molecule has 0 aliphatic carbocycles. The second kappa shape index (κ2) is 14.4. The molecule has 0 amide bonds. The van der Waals surface area contributed by atoms with Gasteiger partial charge in [-0.1, -0.05) is 121 Å². The van der Waals surface area contributed by atoms with Gasteiger partial charge in [0.1, 0.15) is 0 Å². The third-order valence-corrected chi connectivity index (χ3v) is 6.08. The summed E-state index contributed by atoms with van der Waals surface area (Å²) >= 11 is 0. The number of carbonyl (C=O) groups excluding carboxylic acids is 2. The molecule has 4 rings (SSSR count). The minimum absolute atomic E-state index is 0.125. The van der Waals surface area contributed by atoms with E-state index in [1.54, 1.807) is 13.8 Å². The summed E-state index contributed by atoms with van der Waals surface area (Å²) in [4.78, 5) is 36.9. The predicted molar refractivity (Wildman–Crippen MR) is 158 cm³/mol. The quantitative estimate of drug-likeness (QED) is 0.177. The minimum Gasteiger partial charge on any atom is -0.464 e. The van der Waals surface area contributed by atoms with Gasteiger partial charge in [0.15, 0.2) is 12.1 Å². The Morgan fingerprint density at radius 1 is 0.500 bits per heavy atom. The number of nitrogens with zero attached hydrogens (tertiary/aromatic N) is 2. The van der Waals surface area contributed by atoms with E-state index in [4.69, 9.17) is 19.5 Å². The van der Waals surface area contributed by atoms with E-state index in [0.29, 0.717) is 11.4 Å². The number of hydrogen-bond donors (Lipinski definition) is 0. The number of rotatable bonds is 11. The van der Waals surface area contributed by atoms with E-state index in [-0.39, 0.29) is 13.2 Å². The highest BCUT2D eigenvalue weighted by Gasteiger charge is 2.37. The Morgan fingerprint density at radius 2 is 0.750 bits per heavy atom. The van der Waals surface area contributed by atoms with Gasteiger partial charge in [0.05, 0.1) is 24.6 Å². The van der Waals surface area contributed by atoms with Crippen LogP contribution in [-0.4, -0.2) is 48.7 Å². The molecule has 0 saturated heterocycles. The maximum Gasteiger partial charge on any atom is 0.333 e. The van der Waals surface area contributed by atoms with Gasteiger partial charge < -0.3 is 9.47 Å².